The summed E-state index contributed by atoms with van der Waals surface area (Å²) in [5.74, 6) is 0. The first-order valence-electron chi connectivity index (χ1n) is 7.33. The molecular weight excluding hydrogens is 271 g/mol. The van der Waals surface area contributed by atoms with Crippen LogP contribution in [0.25, 0.3) is 0 Å². The topological polar surface area (TPSA) is 27.7 Å². The van der Waals surface area contributed by atoms with Gasteiger partial charge in [0.15, 0.2) is 0 Å². The molecule has 0 bridgehead atoms. The molecule has 20 heavy (non-hydrogen) atoms. The smallest absolute Gasteiger partial charge is 0.312 e. The van der Waals surface area contributed by atoms with Crippen LogP contribution in [-0.2, 0) is 20.2 Å². The van der Waals surface area contributed by atoms with E-state index in [1.807, 2.05) is 0 Å². The molecule has 1 fully saturated rings. The number of benzene rings is 1. The Kier molecular flexibility index (Phi) is 5.57. The van der Waals surface area contributed by atoms with Gasteiger partial charge >= 0.3 is 8.60 Å². The second-order valence-electron chi connectivity index (χ2n) is 5.67. The van der Waals surface area contributed by atoms with Crippen LogP contribution in [0.15, 0.2) is 18.2 Å². The summed E-state index contributed by atoms with van der Waals surface area (Å²) in [7, 11) is -1.18. The van der Waals surface area contributed by atoms with Gasteiger partial charge in [0, 0.05) is 5.41 Å². The molecule has 1 heterocycles. The van der Waals surface area contributed by atoms with Crippen molar-refractivity contribution in [3.05, 3.63) is 34.9 Å². The average Bonchev–Trinajstić information content (AvgIpc) is 2.49. The maximum absolute atomic E-state index is 5.77. The van der Waals surface area contributed by atoms with Crippen LogP contribution in [0.5, 0.6) is 0 Å². The summed E-state index contributed by atoms with van der Waals surface area (Å²) in [5, 5.41) is 0. The van der Waals surface area contributed by atoms with E-state index >= 15 is 0 Å². The summed E-state index contributed by atoms with van der Waals surface area (Å²) < 4.78 is 17.3. The lowest BCUT2D eigenvalue weighted by molar-refractivity contribution is -0.000314. The van der Waals surface area contributed by atoms with E-state index in [0.717, 1.165) is 26.1 Å². The third-order valence-electron chi connectivity index (χ3n) is 4.36. The van der Waals surface area contributed by atoms with Gasteiger partial charge in [0.2, 0.25) is 0 Å². The lowest BCUT2D eigenvalue weighted by Crippen LogP contribution is -2.33. The van der Waals surface area contributed by atoms with Gasteiger partial charge < -0.3 is 13.6 Å². The molecule has 3 nitrogen and oxygen atoms in total. The Morgan fingerprint density at radius 2 is 1.75 bits per heavy atom. The molecular formula is C16H25O3P. The lowest BCUT2D eigenvalue weighted by atomic mass is 9.84. The third-order valence-corrected chi connectivity index (χ3v) is 5.38. The minimum absolute atomic E-state index is 0.183. The molecule has 0 N–H and O–H groups in total. The Labute approximate surface area is 123 Å². The van der Waals surface area contributed by atoms with Crippen LogP contribution >= 0.6 is 8.60 Å². The van der Waals surface area contributed by atoms with Crippen LogP contribution in [0.3, 0.4) is 0 Å². The average molecular weight is 296 g/mol. The summed E-state index contributed by atoms with van der Waals surface area (Å²) in [6.07, 6.45) is 2.17. The van der Waals surface area contributed by atoms with Crippen LogP contribution in [-0.4, -0.2) is 13.2 Å². The van der Waals surface area contributed by atoms with Crippen molar-refractivity contribution in [1.29, 1.82) is 0 Å². The molecule has 0 atom stereocenters. The molecule has 1 aromatic rings. The van der Waals surface area contributed by atoms with Gasteiger partial charge in [0.1, 0.15) is 0 Å². The van der Waals surface area contributed by atoms with Gasteiger partial charge in [0.25, 0.3) is 0 Å². The largest absolute Gasteiger partial charge is 0.333 e. The quantitative estimate of drug-likeness (QED) is 0.723. The molecule has 0 amide bonds. The monoisotopic (exact) mass is 296 g/mol. The molecule has 0 aliphatic carbocycles. The molecule has 1 saturated heterocycles. The van der Waals surface area contributed by atoms with E-state index in [9.17, 15) is 0 Å². The molecule has 2 rings (SSSR count). The summed E-state index contributed by atoms with van der Waals surface area (Å²) in [6, 6.07) is 6.39. The molecule has 0 radical (unpaired) electrons. The number of hydrogen-bond donors (Lipinski definition) is 0. The molecule has 0 aromatic heterocycles. The summed E-state index contributed by atoms with van der Waals surface area (Å²) in [5.41, 5.74) is 3.95. The predicted molar refractivity (Wildman–Crippen MR) is 82.5 cm³/mol. The SMILES string of the molecule is CCC1(CC)COP(OCc2ccc(C)c(C)c2)OC1. The van der Waals surface area contributed by atoms with Crippen LogP contribution < -0.4 is 0 Å². The van der Waals surface area contributed by atoms with E-state index < -0.39 is 8.60 Å². The number of aryl methyl sites for hydroxylation is 2. The van der Waals surface area contributed by atoms with Gasteiger partial charge in [-0.25, -0.2) is 0 Å². The standard InChI is InChI=1S/C16H25O3P/c1-5-16(6-2)11-18-20(19-12-16)17-10-15-8-7-13(3)14(4)9-15/h7-9H,5-6,10-12H2,1-4H3. The molecule has 0 unspecified atom stereocenters. The van der Waals surface area contributed by atoms with Crippen LogP contribution in [0, 0.1) is 19.3 Å². The zero-order valence-electron chi connectivity index (χ0n) is 12.9. The van der Waals surface area contributed by atoms with E-state index in [4.69, 9.17) is 13.6 Å². The fourth-order valence-electron chi connectivity index (χ4n) is 2.21. The Hall–Kier alpha value is -0.470. The van der Waals surface area contributed by atoms with Gasteiger partial charge in [-0.3, -0.25) is 0 Å². The first-order valence-corrected chi connectivity index (χ1v) is 8.43. The second-order valence-corrected chi connectivity index (χ2v) is 6.89. The summed E-state index contributed by atoms with van der Waals surface area (Å²) in [4.78, 5) is 0. The van der Waals surface area contributed by atoms with Gasteiger partial charge in [-0.1, -0.05) is 32.0 Å². The Balaban J connectivity index is 1.82. The zero-order chi connectivity index (χ0) is 14.6. The van der Waals surface area contributed by atoms with E-state index in [-0.39, 0.29) is 5.41 Å². The van der Waals surface area contributed by atoms with Crippen molar-refractivity contribution in [3.63, 3.8) is 0 Å². The maximum atomic E-state index is 5.77. The number of hydrogen-bond acceptors (Lipinski definition) is 3. The van der Waals surface area contributed by atoms with Crippen LogP contribution in [0.2, 0.25) is 0 Å². The Morgan fingerprint density at radius 3 is 2.30 bits per heavy atom. The summed E-state index contributed by atoms with van der Waals surface area (Å²) in [6.45, 7) is 10.7. The third kappa shape index (κ3) is 3.79. The van der Waals surface area contributed by atoms with Crippen molar-refractivity contribution in [2.45, 2.75) is 47.1 Å². The van der Waals surface area contributed by atoms with Gasteiger partial charge in [-0.15, -0.1) is 0 Å². The molecule has 1 aliphatic rings. The number of rotatable bonds is 5. The molecule has 1 aliphatic heterocycles. The first-order chi connectivity index (χ1) is 9.58. The van der Waals surface area contributed by atoms with E-state index in [2.05, 4.69) is 45.9 Å². The van der Waals surface area contributed by atoms with E-state index in [1.165, 1.54) is 16.7 Å². The second kappa shape index (κ2) is 7.00. The van der Waals surface area contributed by atoms with Crippen molar-refractivity contribution in [2.24, 2.45) is 5.41 Å². The molecule has 0 spiro atoms. The molecule has 4 heteroatoms. The highest BCUT2D eigenvalue weighted by molar-refractivity contribution is 7.41. The van der Waals surface area contributed by atoms with Crippen molar-refractivity contribution >= 4 is 8.60 Å². The van der Waals surface area contributed by atoms with Crippen LogP contribution in [0.1, 0.15) is 43.4 Å². The van der Waals surface area contributed by atoms with Crippen molar-refractivity contribution < 1.29 is 13.6 Å². The zero-order valence-corrected chi connectivity index (χ0v) is 13.8. The lowest BCUT2D eigenvalue weighted by Gasteiger charge is -2.37. The highest BCUT2D eigenvalue weighted by atomic mass is 31.2. The molecule has 0 saturated carbocycles. The van der Waals surface area contributed by atoms with E-state index in [0.29, 0.717) is 6.61 Å². The predicted octanol–water partition coefficient (Wildman–Crippen LogP) is 4.90. The molecule has 1 aromatic carbocycles. The molecule has 112 valence electrons. The van der Waals surface area contributed by atoms with Crippen molar-refractivity contribution in [1.82, 2.24) is 0 Å². The Bertz CT molecular complexity index is 433. The maximum Gasteiger partial charge on any atom is 0.333 e. The normalized spacial score (nSPS) is 19.2. The van der Waals surface area contributed by atoms with E-state index in [1.54, 1.807) is 0 Å². The highest BCUT2D eigenvalue weighted by Gasteiger charge is 2.35. The minimum atomic E-state index is -1.18. The van der Waals surface area contributed by atoms with Crippen molar-refractivity contribution in [3.8, 4) is 0 Å². The highest BCUT2D eigenvalue weighted by Crippen LogP contribution is 2.49. The minimum Gasteiger partial charge on any atom is -0.312 e. The fourth-order valence-corrected chi connectivity index (χ4v) is 3.45. The van der Waals surface area contributed by atoms with Crippen molar-refractivity contribution in [2.75, 3.05) is 13.2 Å². The van der Waals surface area contributed by atoms with Gasteiger partial charge in [0.05, 0.1) is 19.8 Å². The fraction of sp³-hybridized carbons (Fsp3) is 0.625. The summed E-state index contributed by atoms with van der Waals surface area (Å²) >= 11 is 0. The first kappa shape index (κ1) is 15.9. The van der Waals surface area contributed by atoms with Crippen LogP contribution in [0.4, 0.5) is 0 Å². The van der Waals surface area contributed by atoms with Gasteiger partial charge in [-0.2, -0.15) is 0 Å². The Morgan fingerprint density at radius 1 is 1.10 bits per heavy atom. The van der Waals surface area contributed by atoms with Gasteiger partial charge in [-0.05, 0) is 43.4 Å².